The molecule has 1 aliphatic carbocycles. The number of hydrogen-bond donors (Lipinski definition) is 0. The lowest BCUT2D eigenvalue weighted by atomic mass is 9.62. The number of esters is 1. The summed E-state index contributed by atoms with van der Waals surface area (Å²) in [6.45, 7) is 7.31. The van der Waals surface area contributed by atoms with Crippen LogP contribution in [-0.4, -0.2) is 24.3 Å². The van der Waals surface area contributed by atoms with Gasteiger partial charge in [-0.05, 0) is 25.2 Å². The van der Waals surface area contributed by atoms with E-state index in [9.17, 15) is 4.79 Å². The lowest BCUT2D eigenvalue weighted by Crippen LogP contribution is -2.48. The number of fused-ring (bicyclic) bond motifs is 3. The molecule has 0 aromatic carbocycles. The topological polar surface area (TPSA) is 38.8 Å². The molecule has 90 valence electrons. The van der Waals surface area contributed by atoms with Crippen LogP contribution in [0.5, 0.6) is 0 Å². The standard InChI is InChI=1S/C13H20O3/c1-7(2)8-4-11-13(3,16-11)10-5-12(14)15-6-9(8)10/h7-11H,4-6H2,1-3H3/t8-,9-,10-,11+,13-/m1/s1. The van der Waals surface area contributed by atoms with Crippen LogP contribution in [0.4, 0.5) is 0 Å². The second-order valence-electron chi connectivity index (χ2n) is 6.09. The predicted octanol–water partition coefficient (Wildman–Crippen LogP) is 2.00. The van der Waals surface area contributed by atoms with Crippen LogP contribution in [-0.2, 0) is 14.3 Å². The fourth-order valence-corrected chi connectivity index (χ4v) is 3.81. The molecule has 0 N–H and O–H groups in total. The summed E-state index contributed by atoms with van der Waals surface area (Å²) in [6, 6.07) is 0. The summed E-state index contributed by atoms with van der Waals surface area (Å²) in [7, 11) is 0. The van der Waals surface area contributed by atoms with Gasteiger partial charge in [-0.1, -0.05) is 13.8 Å². The minimum atomic E-state index is -0.0406. The molecule has 5 atom stereocenters. The third-order valence-electron chi connectivity index (χ3n) is 4.95. The number of ether oxygens (including phenoxy) is 2. The normalized spacial score (nSPS) is 50.6. The van der Waals surface area contributed by atoms with Crippen molar-refractivity contribution in [2.75, 3.05) is 6.61 Å². The van der Waals surface area contributed by atoms with Crippen LogP contribution in [0.15, 0.2) is 0 Å². The van der Waals surface area contributed by atoms with Crippen LogP contribution in [0.25, 0.3) is 0 Å². The minimum Gasteiger partial charge on any atom is -0.465 e. The molecular formula is C13H20O3. The molecule has 0 aromatic heterocycles. The molecule has 3 rings (SSSR count). The van der Waals surface area contributed by atoms with Gasteiger partial charge in [-0.2, -0.15) is 0 Å². The molecule has 3 fully saturated rings. The van der Waals surface area contributed by atoms with Gasteiger partial charge in [-0.25, -0.2) is 0 Å². The van der Waals surface area contributed by atoms with Crippen molar-refractivity contribution in [3.05, 3.63) is 0 Å². The first-order valence-electron chi connectivity index (χ1n) is 6.36. The summed E-state index contributed by atoms with van der Waals surface area (Å²) >= 11 is 0. The first kappa shape index (κ1) is 10.6. The molecule has 0 amide bonds. The van der Waals surface area contributed by atoms with E-state index < -0.39 is 0 Å². The fraction of sp³-hybridized carbons (Fsp3) is 0.923. The maximum absolute atomic E-state index is 11.4. The Morgan fingerprint density at radius 2 is 2.19 bits per heavy atom. The van der Waals surface area contributed by atoms with E-state index in [1.165, 1.54) is 0 Å². The monoisotopic (exact) mass is 224 g/mol. The summed E-state index contributed by atoms with van der Waals surface area (Å²) in [4.78, 5) is 11.4. The van der Waals surface area contributed by atoms with Crippen LogP contribution >= 0.6 is 0 Å². The van der Waals surface area contributed by atoms with E-state index in [1.54, 1.807) is 0 Å². The lowest BCUT2D eigenvalue weighted by molar-refractivity contribution is -0.158. The molecule has 3 aliphatic rings. The molecule has 16 heavy (non-hydrogen) atoms. The van der Waals surface area contributed by atoms with Crippen LogP contribution in [0.2, 0.25) is 0 Å². The number of hydrogen-bond acceptors (Lipinski definition) is 3. The average Bonchev–Trinajstić information content (AvgIpc) is 2.89. The smallest absolute Gasteiger partial charge is 0.306 e. The molecule has 1 saturated carbocycles. The van der Waals surface area contributed by atoms with E-state index in [0.29, 0.717) is 42.8 Å². The van der Waals surface area contributed by atoms with E-state index in [2.05, 4.69) is 20.8 Å². The van der Waals surface area contributed by atoms with Crippen LogP contribution in [0.3, 0.4) is 0 Å². The quantitative estimate of drug-likeness (QED) is 0.505. The van der Waals surface area contributed by atoms with Crippen molar-refractivity contribution in [3.63, 3.8) is 0 Å². The van der Waals surface area contributed by atoms with E-state index in [-0.39, 0.29) is 11.6 Å². The third-order valence-corrected chi connectivity index (χ3v) is 4.95. The molecule has 0 bridgehead atoms. The summed E-state index contributed by atoms with van der Waals surface area (Å²) in [5, 5.41) is 0. The number of carbonyl (C=O) groups is 1. The SMILES string of the molecule is CC(C)[C@H]1C[C@@H]2O[C@]2(C)[C@@H]2CC(=O)OC[C@H]12. The zero-order valence-corrected chi connectivity index (χ0v) is 10.2. The van der Waals surface area contributed by atoms with Crippen molar-refractivity contribution in [1.82, 2.24) is 0 Å². The molecule has 0 unspecified atom stereocenters. The zero-order chi connectivity index (χ0) is 11.5. The molecule has 3 nitrogen and oxygen atoms in total. The highest BCUT2D eigenvalue weighted by molar-refractivity contribution is 5.71. The van der Waals surface area contributed by atoms with Gasteiger partial charge in [0.1, 0.15) is 0 Å². The van der Waals surface area contributed by atoms with Crippen molar-refractivity contribution in [3.8, 4) is 0 Å². The van der Waals surface area contributed by atoms with Crippen LogP contribution in [0.1, 0.15) is 33.6 Å². The van der Waals surface area contributed by atoms with Gasteiger partial charge in [-0.15, -0.1) is 0 Å². The third kappa shape index (κ3) is 1.33. The van der Waals surface area contributed by atoms with Gasteiger partial charge in [0.2, 0.25) is 0 Å². The first-order valence-corrected chi connectivity index (χ1v) is 6.36. The Balaban J connectivity index is 1.87. The maximum atomic E-state index is 11.4. The second-order valence-corrected chi connectivity index (χ2v) is 6.09. The Hall–Kier alpha value is -0.570. The van der Waals surface area contributed by atoms with Gasteiger partial charge in [0, 0.05) is 11.8 Å². The lowest BCUT2D eigenvalue weighted by Gasteiger charge is -2.43. The highest BCUT2D eigenvalue weighted by Crippen LogP contribution is 2.58. The summed E-state index contributed by atoms with van der Waals surface area (Å²) in [5.41, 5.74) is -0.0184. The number of rotatable bonds is 1. The van der Waals surface area contributed by atoms with Gasteiger partial charge in [0.05, 0.1) is 24.7 Å². The summed E-state index contributed by atoms with van der Waals surface area (Å²) < 4.78 is 11.1. The Morgan fingerprint density at radius 1 is 1.44 bits per heavy atom. The van der Waals surface area contributed by atoms with E-state index in [1.807, 2.05) is 0 Å². The van der Waals surface area contributed by atoms with Gasteiger partial charge < -0.3 is 9.47 Å². The molecule has 3 heteroatoms. The molecule has 2 aliphatic heterocycles. The van der Waals surface area contributed by atoms with Gasteiger partial charge in [-0.3, -0.25) is 4.79 Å². The van der Waals surface area contributed by atoms with Crippen molar-refractivity contribution in [2.45, 2.75) is 45.3 Å². The maximum Gasteiger partial charge on any atom is 0.306 e. The van der Waals surface area contributed by atoms with E-state index >= 15 is 0 Å². The molecule has 0 aromatic rings. The summed E-state index contributed by atoms with van der Waals surface area (Å²) in [6.07, 6.45) is 2.10. The highest BCUT2D eigenvalue weighted by Gasteiger charge is 2.65. The van der Waals surface area contributed by atoms with Crippen LogP contribution < -0.4 is 0 Å². The number of cyclic esters (lactones) is 1. The Labute approximate surface area is 96.5 Å². The summed E-state index contributed by atoms with van der Waals surface area (Å²) in [5.74, 6) is 2.17. The van der Waals surface area contributed by atoms with E-state index in [4.69, 9.17) is 9.47 Å². The molecule has 2 saturated heterocycles. The largest absolute Gasteiger partial charge is 0.465 e. The van der Waals surface area contributed by atoms with Crippen molar-refractivity contribution >= 4 is 5.97 Å². The van der Waals surface area contributed by atoms with Crippen molar-refractivity contribution in [1.29, 1.82) is 0 Å². The molecule has 2 heterocycles. The number of carbonyl (C=O) groups excluding carboxylic acids is 1. The zero-order valence-electron chi connectivity index (χ0n) is 10.2. The van der Waals surface area contributed by atoms with Crippen molar-refractivity contribution in [2.24, 2.45) is 23.7 Å². The van der Waals surface area contributed by atoms with Crippen molar-refractivity contribution < 1.29 is 14.3 Å². The average molecular weight is 224 g/mol. The molecule has 0 radical (unpaired) electrons. The first-order chi connectivity index (χ1) is 7.52. The second kappa shape index (κ2) is 3.22. The minimum absolute atomic E-state index is 0.0184. The van der Waals surface area contributed by atoms with Gasteiger partial charge in [0.25, 0.3) is 0 Å². The van der Waals surface area contributed by atoms with Crippen LogP contribution in [0, 0.1) is 23.7 Å². The molecule has 0 spiro atoms. The van der Waals surface area contributed by atoms with E-state index in [0.717, 1.165) is 6.42 Å². The molecular weight excluding hydrogens is 204 g/mol. The fourth-order valence-electron chi connectivity index (χ4n) is 3.81. The number of epoxide rings is 1. The van der Waals surface area contributed by atoms with Gasteiger partial charge in [0.15, 0.2) is 0 Å². The highest BCUT2D eigenvalue weighted by atomic mass is 16.6. The Bertz CT molecular complexity index is 325. The van der Waals surface area contributed by atoms with Gasteiger partial charge >= 0.3 is 5.97 Å². The predicted molar refractivity (Wildman–Crippen MR) is 58.8 cm³/mol. The Kier molecular flexibility index (Phi) is 2.13. The Morgan fingerprint density at radius 3 is 2.88 bits per heavy atom.